The van der Waals surface area contributed by atoms with Crippen molar-refractivity contribution in [3.05, 3.63) is 29.3 Å². The maximum Gasteiger partial charge on any atom is 0.407 e. The van der Waals surface area contributed by atoms with E-state index in [0.717, 1.165) is 12.0 Å². The highest BCUT2D eigenvalue weighted by atomic mass is 19.3. The van der Waals surface area contributed by atoms with Crippen LogP contribution in [-0.2, 0) is 5.41 Å². The topological polar surface area (TPSA) is 9.23 Å². The minimum atomic E-state index is -3.01. The van der Waals surface area contributed by atoms with Gasteiger partial charge in [-0.3, -0.25) is 0 Å². The molecule has 1 aromatic rings. The Balaban J connectivity index is 2.17. The molecule has 0 radical (unpaired) electrons. The number of fused-ring (bicyclic) bond motifs is 2. The van der Waals surface area contributed by atoms with E-state index >= 15 is 0 Å². The molecule has 0 atom stereocenters. The quantitative estimate of drug-likeness (QED) is 0.637. The Morgan fingerprint density at radius 2 is 2.00 bits per heavy atom. The fourth-order valence-electron chi connectivity index (χ4n) is 2.59. The summed E-state index contributed by atoms with van der Waals surface area (Å²) in [6, 6.07) is 5.38. The first kappa shape index (κ1) is 9.13. The van der Waals surface area contributed by atoms with Gasteiger partial charge < -0.3 is 4.74 Å². The van der Waals surface area contributed by atoms with Crippen molar-refractivity contribution in [3.63, 3.8) is 0 Å². The SMILES string of the molecule is Cc1ccc2c(c1)OC(F)(F)C21CCC1. The average molecular weight is 210 g/mol. The van der Waals surface area contributed by atoms with Crippen molar-refractivity contribution in [2.24, 2.45) is 0 Å². The summed E-state index contributed by atoms with van der Waals surface area (Å²) < 4.78 is 32.3. The molecule has 1 aromatic carbocycles. The van der Waals surface area contributed by atoms with E-state index in [9.17, 15) is 8.78 Å². The Bertz CT molecular complexity index is 422. The monoisotopic (exact) mass is 210 g/mol. The molecule has 1 heterocycles. The standard InChI is InChI=1S/C12H12F2O/c1-8-3-4-9-10(7-8)15-12(13,14)11(9)5-2-6-11/h3-4,7H,2,5-6H2,1H3. The molecule has 0 N–H and O–H groups in total. The highest BCUT2D eigenvalue weighted by Crippen LogP contribution is 2.61. The molecule has 1 saturated carbocycles. The van der Waals surface area contributed by atoms with E-state index < -0.39 is 11.5 Å². The van der Waals surface area contributed by atoms with Crippen LogP contribution in [0.25, 0.3) is 0 Å². The molecule has 0 aromatic heterocycles. The molecule has 0 bridgehead atoms. The second kappa shape index (κ2) is 2.52. The largest absolute Gasteiger partial charge is 0.432 e. The van der Waals surface area contributed by atoms with Gasteiger partial charge in [-0.2, -0.15) is 8.78 Å². The van der Waals surface area contributed by atoms with E-state index in [-0.39, 0.29) is 0 Å². The normalized spacial score (nSPS) is 24.5. The molecule has 1 aliphatic carbocycles. The molecule has 2 aliphatic rings. The fraction of sp³-hybridized carbons (Fsp3) is 0.500. The molecule has 3 rings (SSSR count). The number of halogens is 2. The van der Waals surface area contributed by atoms with Crippen LogP contribution in [0, 0.1) is 6.92 Å². The van der Waals surface area contributed by atoms with Crippen LogP contribution >= 0.6 is 0 Å². The fourth-order valence-corrected chi connectivity index (χ4v) is 2.59. The van der Waals surface area contributed by atoms with E-state index in [1.54, 1.807) is 12.1 Å². The Labute approximate surface area is 87.1 Å². The Morgan fingerprint density at radius 3 is 2.60 bits per heavy atom. The zero-order valence-corrected chi connectivity index (χ0v) is 8.52. The van der Waals surface area contributed by atoms with Gasteiger partial charge in [0.05, 0.1) is 0 Å². The molecule has 15 heavy (non-hydrogen) atoms. The molecule has 1 nitrogen and oxygen atoms in total. The van der Waals surface area contributed by atoms with Crippen molar-refractivity contribution in [2.45, 2.75) is 37.7 Å². The third-order valence-corrected chi connectivity index (χ3v) is 3.66. The Hall–Kier alpha value is -1.12. The summed E-state index contributed by atoms with van der Waals surface area (Å²) in [4.78, 5) is 0. The van der Waals surface area contributed by atoms with Crippen molar-refractivity contribution in [1.29, 1.82) is 0 Å². The second-order valence-corrected chi connectivity index (χ2v) is 4.55. The minimum Gasteiger partial charge on any atom is -0.432 e. The van der Waals surface area contributed by atoms with Gasteiger partial charge in [-0.25, -0.2) is 0 Å². The lowest BCUT2D eigenvalue weighted by atomic mass is 9.64. The van der Waals surface area contributed by atoms with Crippen molar-refractivity contribution in [2.75, 3.05) is 0 Å². The summed E-state index contributed by atoms with van der Waals surface area (Å²) in [7, 11) is 0. The van der Waals surface area contributed by atoms with Crippen LogP contribution in [0.1, 0.15) is 30.4 Å². The van der Waals surface area contributed by atoms with Gasteiger partial charge in [0.25, 0.3) is 0 Å². The summed E-state index contributed by atoms with van der Waals surface area (Å²) in [6.07, 6.45) is -1.07. The predicted molar refractivity (Wildman–Crippen MR) is 52.3 cm³/mol. The molecule has 1 spiro atoms. The van der Waals surface area contributed by atoms with Gasteiger partial charge in [-0.05, 0) is 31.4 Å². The third kappa shape index (κ3) is 0.959. The van der Waals surface area contributed by atoms with Gasteiger partial charge in [0.1, 0.15) is 11.2 Å². The van der Waals surface area contributed by atoms with Crippen LogP contribution in [0.3, 0.4) is 0 Å². The zero-order chi connectivity index (χ0) is 10.7. The van der Waals surface area contributed by atoms with Crippen molar-refractivity contribution < 1.29 is 13.5 Å². The van der Waals surface area contributed by atoms with Gasteiger partial charge >= 0.3 is 6.11 Å². The van der Waals surface area contributed by atoms with E-state index in [0.29, 0.717) is 24.2 Å². The number of hydrogen-bond acceptors (Lipinski definition) is 1. The van der Waals surface area contributed by atoms with E-state index in [1.807, 2.05) is 13.0 Å². The maximum atomic E-state index is 13.7. The van der Waals surface area contributed by atoms with Gasteiger partial charge in [-0.1, -0.05) is 18.6 Å². The lowest BCUT2D eigenvalue weighted by molar-refractivity contribution is -0.229. The van der Waals surface area contributed by atoms with Crippen LogP contribution in [-0.4, -0.2) is 6.11 Å². The van der Waals surface area contributed by atoms with Gasteiger partial charge in [0.2, 0.25) is 0 Å². The van der Waals surface area contributed by atoms with E-state index in [2.05, 4.69) is 0 Å². The Morgan fingerprint density at radius 1 is 1.27 bits per heavy atom. The molecule has 1 aliphatic heterocycles. The number of benzene rings is 1. The minimum absolute atomic E-state index is 0.375. The van der Waals surface area contributed by atoms with Crippen LogP contribution in [0.2, 0.25) is 0 Å². The lowest BCUT2D eigenvalue weighted by Crippen LogP contribution is -2.49. The highest BCUT2D eigenvalue weighted by Gasteiger charge is 2.65. The van der Waals surface area contributed by atoms with Crippen molar-refractivity contribution in [3.8, 4) is 5.75 Å². The molecule has 1 fully saturated rings. The van der Waals surface area contributed by atoms with Crippen LogP contribution in [0.15, 0.2) is 18.2 Å². The average Bonchev–Trinajstić information content (AvgIpc) is 2.28. The summed E-state index contributed by atoms with van der Waals surface area (Å²) in [5.41, 5.74) is 0.640. The molecule has 3 heteroatoms. The van der Waals surface area contributed by atoms with Crippen LogP contribution in [0.4, 0.5) is 8.78 Å². The van der Waals surface area contributed by atoms with Crippen LogP contribution < -0.4 is 4.74 Å². The smallest absolute Gasteiger partial charge is 0.407 e. The number of ether oxygens (including phenoxy) is 1. The van der Waals surface area contributed by atoms with Gasteiger partial charge in [-0.15, -0.1) is 0 Å². The maximum absolute atomic E-state index is 13.7. The van der Waals surface area contributed by atoms with E-state index in [4.69, 9.17) is 4.74 Å². The highest BCUT2D eigenvalue weighted by molar-refractivity contribution is 5.48. The van der Waals surface area contributed by atoms with E-state index in [1.165, 1.54) is 0 Å². The first-order chi connectivity index (χ1) is 7.05. The predicted octanol–water partition coefficient (Wildman–Crippen LogP) is 3.40. The molecular formula is C12H12F2O. The lowest BCUT2D eigenvalue weighted by Gasteiger charge is -2.40. The first-order valence-corrected chi connectivity index (χ1v) is 5.23. The number of rotatable bonds is 0. The summed E-state index contributed by atoms with van der Waals surface area (Å²) in [5, 5.41) is 0. The second-order valence-electron chi connectivity index (χ2n) is 4.55. The summed E-state index contributed by atoms with van der Waals surface area (Å²) >= 11 is 0. The summed E-state index contributed by atoms with van der Waals surface area (Å²) in [6.45, 7) is 1.88. The first-order valence-electron chi connectivity index (χ1n) is 5.23. The number of alkyl halides is 2. The molecule has 0 unspecified atom stereocenters. The van der Waals surface area contributed by atoms with Crippen LogP contribution in [0.5, 0.6) is 5.75 Å². The van der Waals surface area contributed by atoms with Gasteiger partial charge in [0, 0.05) is 5.56 Å². The summed E-state index contributed by atoms with van der Waals surface area (Å²) in [5.74, 6) is 0.375. The van der Waals surface area contributed by atoms with Crippen molar-refractivity contribution in [1.82, 2.24) is 0 Å². The number of hydrogen-bond donors (Lipinski definition) is 0. The Kier molecular flexibility index (Phi) is 1.53. The number of aryl methyl sites for hydroxylation is 1. The van der Waals surface area contributed by atoms with Gasteiger partial charge in [0.15, 0.2) is 0 Å². The molecule has 80 valence electrons. The third-order valence-electron chi connectivity index (χ3n) is 3.66. The molecular weight excluding hydrogens is 198 g/mol. The molecule has 0 amide bonds. The van der Waals surface area contributed by atoms with Crippen molar-refractivity contribution >= 4 is 0 Å². The molecule has 0 saturated heterocycles. The zero-order valence-electron chi connectivity index (χ0n) is 8.52.